The van der Waals surface area contributed by atoms with Gasteiger partial charge >= 0.3 is 5.97 Å². The summed E-state index contributed by atoms with van der Waals surface area (Å²) in [5.74, 6) is -6.71. The lowest BCUT2D eigenvalue weighted by Crippen LogP contribution is -2.46. The summed E-state index contributed by atoms with van der Waals surface area (Å²) in [6, 6.07) is 5.38. The van der Waals surface area contributed by atoms with Crippen LogP contribution in [0.5, 0.6) is 5.75 Å². The van der Waals surface area contributed by atoms with Gasteiger partial charge in [0.05, 0.1) is 17.7 Å². The molecule has 1 aromatic heterocycles. The van der Waals surface area contributed by atoms with Crippen molar-refractivity contribution in [2.75, 3.05) is 12.3 Å². The van der Waals surface area contributed by atoms with Gasteiger partial charge in [-0.25, -0.2) is 17.6 Å². The van der Waals surface area contributed by atoms with Gasteiger partial charge in [0.15, 0.2) is 17.4 Å². The Morgan fingerprint density at radius 2 is 1.51 bits per heavy atom. The van der Waals surface area contributed by atoms with Gasteiger partial charge in [0.2, 0.25) is 0 Å². The number of nitrogens with two attached hydrogens (primary N) is 1. The molecule has 5 rings (SSSR count). The molecule has 45 heavy (non-hydrogen) atoms. The van der Waals surface area contributed by atoms with E-state index < -0.39 is 63.3 Å². The van der Waals surface area contributed by atoms with E-state index in [1.54, 1.807) is 0 Å². The van der Waals surface area contributed by atoms with Crippen molar-refractivity contribution in [3.63, 3.8) is 0 Å². The van der Waals surface area contributed by atoms with Crippen molar-refractivity contribution in [2.24, 2.45) is 0 Å². The number of nitrogens with one attached hydrogen (secondary N) is 1. The number of nitrogens with zero attached hydrogens (tertiary/aromatic N) is 1. The summed E-state index contributed by atoms with van der Waals surface area (Å²) in [7, 11) is 0. The fraction of sp³-hybridized carbons (Fsp3) is 0.424. The normalized spacial score (nSPS) is 16.4. The van der Waals surface area contributed by atoms with Crippen LogP contribution in [0, 0.1) is 23.3 Å². The number of ether oxygens (including phenoxy) is 2. The van der Waals surface area contributed by atoms with Crippen LogP contribution in [0.2, 0.25) is 0 Å². The quantitative estimate of drug-likeness (QED) is 0.158. The molecule has 2 aliphatic carbocycles. The summed E-state index contributed by atoms with van der Waals surface area (Å²) >= 11 is 0. The van der Waals surface area contributed by atoms with Gasteiger partial charge in [-0.05, 0) is 56.7 Å². The Labute approximate surface area is 257 Å². The van der Waals surface area contributed by atoms with Crippen LogP contribution in [0.25, 0.3) is 5.69 Å². The second-order valence-corrected chi connectivity index (χ2v) is 11.5. The van der Waals surface area contributed by atoms with Gasteiger partial charge in [0.1, 0.15) is 41.0 Å². The molecule has 2 aliphatic rings. The molecular formula is C33H35F4N3O5. The van der Waals surface area contributed by atoms with Crippen LogP contribution >= 0.6 is 0 Å². The minimum Gasteiger partial charge on any atom is -0.493 e. The molecule has 1 heterocycles. The van der Waals surface area contributed by atoms with Crippen molar-refractivity contribution >= 4 is 17.6 Å². The molecule has 0 radical (unpaired) electrons. The van der Waals surface area contributed by atoms with Gasteiger partial charge in [0.25, 0.3) is 5.56 Å². The molecule has 0 bridgehead atoms. The van der Waals surface area contributed by atoms with Crippen molar-refractivity contribution < 1.29 is 36.6 Å². The van der Waals surface area contributed by atoms with E-state index in [-0.39, 0.29) is 36.9 Å². The van der Waals surface area contributed by atoms with Crippen LogP contribution in [0.3, 0.4) is 0 Å². The van der Waals surface area contributed by atoms with Crippen LogP contribution in [-0.2, 0) is 9.53 Å². The summed E-state index contributed by atoms with van der Waals surface area (Å²) in [6.07, 6.45) is 8.95. The first-order valence-corrected chi connectivity index (χ1v) is 15.2. The van der Waals surface area contributed by atoms with Crippen LogP contribution in [0.15, 0.2) is 47.3 Å². The number of pyridine rings is 1. The van der Waals surface area contributed by atoms with Gasteiger partial charge < -0.3 is 20.5 Å². The Kier molecular flexibility index (Phi) is 10.2. The summed E-state index contributed by atoms with van der Waals surface area (Å²) in [6.45, 7) is -0.0578. The Bertz CT molecular complexity index is 1590. The molecule has 12 heteroatoms. The highest BCUT2D eigenvalue weighted by Gasteiger charge is 2.29. The number of hydrogen-bond donors (Lipinski definition) is 2. The number of rotatable bonds is 11. The number of aromatic nitrogens is 1. The number of hydrogen-bond acceptors (Lipinski definition) is 7. The predicted molar refractivity (Wildman–Crippen MR) is 158 cm³/mol. The number of esters is 1. The lowest BCUT2D eigenvalue weighted by Gasteiger charge is -2.28. The molecule has 0 amide bonds. The summed E-state index contributed by atoms with van der Waals surface area (Å²) in [5.41, 5.74) is 3.24. The second-order valence-electron chi connectivity index (χ2n) is 11.5. The number of halogens is 4. The Morgan fingerprint density at radius 1 is 0.867 bits per heavy atom. The van der Waals surface area contributed by atoms with Gasteiger partial charge in [-0.15, -0.1) is 0 Å². The van der Waals surface area contributed by atoms with E-state index in [9.17, 15) is 23.2 Å². The lowest BCUT2D eigenvalue weighted by molar-refractivity contribution is -0.152. The zero-order valence-electron chi connectivity index (χ0n) is 24.6. The van der Waals surface area contributed by atoms with Crippen LogP contribution in [0.4, 0.5) is 23.4 Å². The first-order chi connectivity index (χ1) is 21.6. The number of ketones is 1. The second kappa shape index (κ2) is 14.3. The van der Waals surface area contributed by atoms with E-state index in [0.717, 1.165) is 94.2 Å². The van der Waals surface area contributed by atoms with Crippen molar-refractivity contribution in [2.45, 2.75) is 82.4 Å². The summed E-state index contributed by atoms with van der Waals surface area (Å²) < 4.78 is 70.1. The van der Waals surface area contributed by atoms with E-state index in [1.165, 1.54) is 0 Å². The van der Waals surface area contributed by atoms with Gasteiger partial charge in [0, 0.05) is 36.7 Å². The molecule has 2 aromatic carbocycles. The molecule has 1 unspecified atom stereocenters. The summed E-state index contributed by atoms with van der Waals surface area (Å²) in [5, 5.41) is 3.39. The molecule has 2 saturated carbocycles. The van der Waals surface area contributed by atoms with Gasteiger partial charge in [-0.2, -0.15) is 0 Å². The van der Waals surface area contributed by atoms with Crippen LogP contribution in [0.1, 0.15) is 80.1 Å². The first-order valence-electron chi connectivity index (χ1n) is 15.2. The number of nitrogen functional groups attached to an aromatic ring is 1. The average molecular weight is 630 g/mol. The van der Waals surface area contributed by atoms with Gasteiger partial charge in [-0.3, -0.25) is 19.0 Å². The molecule has 1 atom stereocenters. The molecular weight excluding hydrogens is 594 g/mol. The zero-order chi connectivity index (χ0) is 32.1. The molecule has 2 fully saturated rings. The number of anilines is 1. The molecule has 0 aliphatic heterocycles. The molecule has 0 spiro atoms. The lowest BCUT2D eigenvalue weighted by atomic mass is 9.94. The van der Waals surface area contributed by atoms with Gasteiger partial charge in [-0.1, -0.05) is 19.3 Å². The Balaban J connectivity index is 1.32. The largest absolute Gasteiger partial charge is 0.493 e. The predicted octanol–water partition coefficient (Wildman–Crippen LogP) is 5.75. The van der Waals surface area contributed by atoms with Crippen molar-refractivity contribution in [3.8, 4) is 11.4 Å². The zero-order valence-corrected chi connectivity index (χ0v) is 24.6. The Hall–Kier alpha value is -4.19. The number of benzene rings is 2. The van der Waals surface area contributed by atoms with Crippen molar-refractivity contribution in [1.82, 2.24) is 9.88 Å². The van der Waals surface area contributed by atoms with E-state index in [0.29, 0.717) is 10.6 Å². The standard InChI is InChI=1S/C33H35F4N3O5/c34-19-10-11-23(25(35)16-19)31(42)24-12-13-29(41)40(32(24)38)30-26(36)17-22(18-27(30)37)44-15-14-28(39-20-6-2-1-3-7-20)33(43)45-21-8-4-5-9-21/h10-13,16-18,20-21,28,39H,1-9,14-15,38H2. The van der Waals surface area contributed by atoms with E-state index in [4.69, 9.17) is 15.2 Å². The minimum atomic E-state index is -1.21. The molecule has 8 nitrogen and oxygen atoms in total. The highest BCUT2D eigenvalue weighted by atomic mass is 19.1. The Morgan fingerprint density at radius 3 is 2.18 bits per heavy atom. The van der Waals surface area contributed by atoms with E-state index in [2.05, 4.69) is 5.32 Å². The maximum atomic E-state index is 15.4. The van der Waals surface area contributed by atoms with Crippen LogP contribution < -0.4 is 21.3 Å². The summed E-state index contributed by atoms with van der Waals surface area (Å²) in [4.78, 5) is 38.7. The smallest absolute Gasteiger partial charge is 0.323 e. The monoisotopic (exact) mass is 629 g/mol. The fourth-order valence-electron chi connectivity index (χ4n) is 6.00. The maximum absolute atomic E-state index is 15.4. The number of carbonyl (C=O) groups excluding carboxylic acids is 2. The van der Waals surface area contributed by atoms with E-state index >= 15 is 8.78 Å². The first kappa shape index (κ1) is 32.2. The third-order valence-corrected chi connectivity index (χ3v) is 8.35. The van der Waals surface area contributed by atoms with E-state index in [1.807, 2.05) is 0 Å². The minimum absolute atomic E-state index is 0.0578. The molecule has 240 valence electrons. The fourth-order valence-corrected chi connectivity index (χ4v) is 6.00. The maximum Gasteiger partial charge on any atom is 0.323 e. The SMILES string of the molecule is Nc1c(C(=O)c2ccc(F)cc2F)ccc(=O)n1-c1c(F)cc(OCCC(NC2CCCCC2)C(=O)OC2CCCC2)cc1F. The van der Waals surface area contributed by atoms with Crippen molar-refractivity contribution in [1.29, 1.82) is 0 Å². The molecule has 3 aromatic rings. The topological polar surface area (TPSA) is 113 Å². The molecule has 3 N–H and O–H groups in total. The average Bonchev–Trinajstić information content (AvgIpc) is 3.51. The van der Waals surface area contributed by atoms with Crippen molar-refractivity contribution in [3.05, 3.63) is 87.2 Å². The number of carbonyl (C=O) groups is 2. The third kappa shape index (κ3) is 7.55. The third-order valence-electron chi connectivity index (χ3n) is 8.35. The highest BCUT2D eigenvalue weighted by Crippen LogP contribution is 2.28. The highest BCUT2D eigenvalue weighted by molar-refractivity contribution is 6.11. The molecule has 0 saturated heterocycles. The van der Waals surface area contributed by atoms with Crippen LogP contribution in [-0.4, -0.2) is 41.1 Å².